The van der Waals surface area contributed by atoms with Crippen LogP contribution in [0, 0.1) is 35.5 Å². The van der Waals surface area contributed by atoms with Crippen LogP contribution >= 0.6 is 0 Å². The second kappa shape index (κ2) is 8.59. The van der Waals surface area contributed by atoms with Gasteiger partial charge in [0.15, 0.2) is 0 Å². The van der Waals surface area contributed by atoms with Crippen molar-refractivity contribution in [2.24, 2.45) is 28.6 Å². The highest BCUT2D eigenvalue weighted by Crippen LogP contribution is 2.57. The van der Waals surface area contributed by atoms with Gasteiger partial charge in [-0.1, -0.05) is 45.4 Å². The summed E-state index contributed by atoms with van der Waals surface area (Å²) in [5.74, 6) is 0.823. The van der Waals surface area contributed by atoms with E-state index in [9.17, 15) is 13.6 Å². The Labute approximate surface area is 180 Å². The molecule has 168 valence electrons. The Bertz CT molecular complexity index is 718. The lowest BCUT2D eigenvalue weighted by atomic mass is 9.51. The second-order valence-electron chi connectivity index (χ2n) is 10.8. The summed E-state index contributed by atoms with van der Waals surface area (Å²) in [6.07, 6.45) is 2.78. The van der Waals surface area contributed by atoms with Crippen LogP contribution < -0.4 is 4.74 Å². The predicted molar refractivity (Wildman–Crippen MR) is 117 cm³/mol. The molecule has 3 rings (SSSR count). The van der Waals surface area contributed by atoms with Gasteiger partial charge in [-0.15, -0.1) is 0 Å². The molecule has 0 atom stereocenters. The fraction of sp³-hybridized carbons (Fsp3) is 0.731. The molecule has 2 saturated carbocycles. The summed E-state index contributed by atoms with van der Waals surface area (Å²) >= 11 is 0. The van der Waals surface area contributed by atoms with Crippen LogP contribution in [0.25, 0.3) is 0 Å². The average Bonchev–Trinajstić information content (AvgIpc) is 2.70. The van der Waals surface area contributed by atoms with Crippen molar-refractivity contribution in [1.29, 1.82) is 0 Å². The second-order valence-corrected chi connectivity index (χ2v) is 10.8. The van der Waals surface area contributed by atoms with Crippen molar-refractivity contribution in [3.63, 3.8) is 0 Å². The standard InChI is InChI=1S/C26H38F2O2/c1-18-6-16-23(17-7-18)30-26(27,28)21-10-8-19(9-11-21)24(2,3)25(4,5)20-12-14-22(29)15-13-20/h6-7,16-17,19-21H,8-15H2,1-5H3. The van der Waals surface area contributed by atoms with Crippen molar-refractivity contribution in [3.05, 3.63) is 29.8 Å². The van der Waals surface area contributed by atoms with Gasteiger partial charge in [0, 0.05) is 12.8 Å². The van der Waals surface area contributed by atoms with Gasteiger partial charge in [-0.05, 0) is 80.2 Å². The zero-order valence-electron chi connectivity index (χ0n) is 19.3. The lowest BCUT2D eigenvalue weighted by Crippen LogP contribution is -2.47. The molecule has 1 aromatic rings. The molecule has 0 unspecified atom stereocenters. The average molecular weight is 421 g/mol. The lowest BCUT2D eigenvalue weighted by molar-refractivity contribution is -0.226. The molecule has 0 amide bonds. The molecule has 2 aliphatic carbocycles. The van der Waals surface area contributed by atoms with E-state index in [0.29, 0.717) is 43.3 Å². The summed E-state index contributed by atoms with van der Waals surface area (Å²) in [5.41, 5.74) is 1.14. The van der Waals surface area contributed by atoms with Crippen LogP contribution in [-0.4, -0.2) is 11.9 Å². The van der Waals surface area contributed by atoms with Crippen molar-refractivity contribution >= 4 is 5.78 Å². The summed E-state index contributed by atoms with van der Waals surface area (Å²) in [6.45, 7) is 11.2. The van der Waals surface area contributed by atoms with Gasteiger partial charge in [-0.2, -0.15) is 8.78 Å². The number of hydrogen-bond donors (Lipinski definition) is 0. The van der Waals surface area contributed by atoms with E-state index in [4.69, 9.17) is 4.74 Å². The number of aryl methyl sites for hydroxylation is 1. The van der Waals surface area contributed by atoms with Crippen LogP contribution in [0.4, 0.5) is 8.78 Å². The van der Waals surface area contributed by atoms with Crippen molar-refractivity contribution < 1.29 is 18.3 Å². The van der Waals surface area contributed by atoms with Crippen molar-refractivity contribution in [1.82, 2.24) is 0 Å². The highest BCUT2D eigenvalue weighted by molar-refractivity contribution is 5.79. The molecule has 0 spiro atoms. The molecule has 0 aliphatic heterocycles. The number of ether oxygens (including phenoxy) is 1. The first-order chi connectivity index (χ1) is 13.9. The number of alkyl halides is 2. The largest absolute Gasteiger partial charge is 0.432 e. The summed E-state index contributed by atoms with van der Waals surface area (Å²) in [5, 5.41) is 0. The van der Waals surface area contributed by atoms with Crippen LogP contribution in [0.5, 0.6) is 5.75 Å². The maximum absolute atomic E-state index is 14.8. The Morgan fingerprint density at radius 1 is 0.767 bits per heavy atom. The number of benzene rings is 1. The zero-order valence-corrected chi connectivity index (χ0v) is 19.3. The first-order valence-corrected chi connectivity index (χ1v) is 11.6. The number of halogens is 2. The van der Waals surface area contributed by atoms with Gasteiger partial charge in [0.1, 0.15) is 11.5 Å². The van der Waals surface area contributed by atoms with E-state index < -0.39 is 12.0 Å². The molecular formula is C26H38F2O2. The third kappa shape index (κ3) is 4.73. The molecule has 2 fully saturated rings. The molecule has 1 aromatic carbocycles. The number of ketones is 1. The summed E-state index contributed by atoms with van der Waals surface area (Å²) in [7, 11) is 0. The minimum Gasteiger partial charge on any atom is -0.432 e. The summed E-state index contributed by atoms with van der Waals surface area (Å²) in [4.78, 5) is 11.7. The molecule has 2 nitrogen and oxygen atoms in total. The van der Waals surface area contributed by atoms with E-state index in [1.165, 1.54) is 0 Å². The van der Waals surface area contributed by atoms with Crippen molar-refractivity contribution in [3.8, 4) is 5.75 Å². The fourth-order valence-corrected chi connectivity index (χ4v) is 5.71. The first kappa shape index (κ1) is 23.2. The van der Waals surface area contributed by atoms with Crippen LogP contribution in [0.2, 0.25) is 0 Å². The normalized spacial score (nSPS) is 24.7. The van der Waals surface area contributed by atoms with Gasteiger partial charge in [-0.3, -0.25) is 4.79 Å². The number of Topliss-reactive ketones (excluding diaryl/α,β-unsaturated/α-hetero) is 1. The summed E-state index contributed by atoms with van der Waals surface area (Å²) in [6, 6.07) is 6.84. The Kier molecular flexibility index (Phi) is 6.65. The van der Waals surface area contributed by atoms with Gasteiger partial charge in [0.2, 0.25) is 0 Å². The third-order valence-electron chi connectivity index (χ3n) is 8.72. The Hall–Kier alpha value is -1.45. The van der Waals surface area contributed by atoms with E-state index in [1.807, 2.05) is 6.92 Å². The molecule has 0 N–H and O–H groups in total. The maximum Gasteiger partial charge on any atom is 0.400 e. The SMILES string of the molecule is Cc1ccc(OC(F)(F)C2CCC(C(C)(C)C(C)(C)C3CCC(=O)CC3)CC2)cc1. The van der Waals surface area contributed by atoms with Gasteiger partial charge < -0.3 is 4.74 Å². The lowest BCUT2D eigenvalue weighted by Gasteiger charge is -2.54. The van der Waals surface area contributed by atoms with Gasteiger partial charge in [0.25, 0.3) is 0 Å². The fourth-order valence-electron chi connectivity index (χ4n) is 5.71. The minimum absolute atomic E-state index is 0.0378. The van der Waals surface area contributed by atoms with E-state index >= 15 is 0 Å². The third-order valence-corrected chi connectivity index (χ3v) is 8.72. The van der Waals surface area contributed by atoms with Crippen LogP contribution in [0.1, 0.15) is 84.6 Å². The summed E-state index contributed by atoms with van der Waals surface area (Å²) < 4.78 is 34.8. The number of carbonyl (C=O) groups is 1. The highest BCUT2D eigenvalue weighted by atomic mass is 19.3. The van der Waals surface area contributed by atoms with Crippen LogP contribution in [0.3, 0.4) is 0 Å². The molecule has 30 heavy (non-hydrogen) atoms. The monoisotopic (exact) mass is 420 g/mol. The van der Waals surface area contributed by atoms with Gasteiger partial charge in [0.05, 0.1) is 5.92 Å². The number of rotatable bonds is 6. The minimum atomic E-state index is -3.14. The van der Waals surface area contributed by atoms with E-state index in [0.717, 1.165) is 31.2 Å². The molecule has 4 heteroatoms. The Morgan fingerprint density at radius 3 is 1.70 bits per heavy atom. The molecule has 0 heterocycles. The maximum atomic E-state index is 14.8. The van der Waals surface area contributed by atoms with Gasteiger partial charge in [-0.25, -0.2) is 0 Å². The Balaban J connectivity index is 1.61. The highest BCUT2D eigenvalue weighted by Gasteiger charge is 2.51. The van der Waals surface area contributed by atoms with Crippen LogP contribution in [0.15, 0.2) is 24.3 Å². The topological polar surface area (TPSA) is 26.3 Å². The van der Waals surface area contributed by atoms with Crippen molar-refractivity contribution in [2.75, 3.05) is 0 Å². The van der Waals surface area contributed by atoms with Gasteiger partial charge >= 0.3 is 6.11 Å². The molecule has 0 bridgehead atoms. The number of carbonyl (C=O) groups excluding carboxylic acids is 1. The molecule has 0 radical (unpaired) electrons. The van der Waals surface area contributed by atoms with Crippen molar-refractivity contribution in [2.45, 2.75) is 92.1 Å². The zero-order chi connectivity index (χ0) is 22.2. The quantitative estimate of drug-likeness (QED) is 0.474. The molecule has 0 saturated heterocycles. The molecule has 2 aliphatic rings. The smallest absolute Gasteiger partial charge is 0.400 e. The van der Waals surface area contributed by atoms with Crippen LogP contribution in [-0.2, 0) is 4.79 Å². The first-order valence-electron chi connectivity index (χ1n) is 11.6. The van der Waals surface area contributed by atoms with E-state index in [-0.39, 0.29) is 16.6 Å². The predicted octanol–water partition coefficient (Wildman–Crippen LogP) is 7.58. The Morgan fingerprint density at radius 2 is 1.20 bits per heavy atom. The molecular weight excluding hydrogens is 382 g/mol. The molecule has 0 aromatic heterocycles. The van der Waals surface area contributed by atoms with E-state index in [2.05, 4.69) is 27.7 Å². The van der Waals surface area contributed by atoms with E-state index in [1.54, 1.807) is 24.3 Å². The number of hydrogen-bond acceptors (Lipinski definition) is 2.